The Hall–Kier alpha value is -7.41. The van der Waals surface area contributed by atoms with Crippen molar-refractivity contribution in [3.63, 3.8) is 0 Å². The van der Waals surface area contributed by atoms with Gasteiger partial charge in [-0.25, -0.2) is 15.0 Å². The number of hydrogen-bond acceptors (Lipinski definition) is 6. The van der Waals surface area contributed by atoms with Gasteiger partial charge in [0.05, 0.1) is 5.56 Å². The second-order valence-corrected chi connectivity index (χ2v) is 15.3. The van der Waals surface area contributed by atoms with Gasteiger partial charge in [-0.1, -0.05) is 152 Å². The summed E-state index contributed by atoms with van der Waals surface area (Å²) in [5.41, 5.74) is 10.6. The van der Waals surface area contributed by atoms with Crippen LogP contribution in [0.4, 0.5) is 0 Å². The van der Waals surface area contributed by atoms with Crippen LogP contribution in [0.25, 0.3) is 120 Å². The number of fused-ring (bicyclic) bond motifs is 9. The zero-order valence-electron chi connectivity index (χ0n) is 30.3. The second kappa shape index (κ2) is 12.6. The SMILES string of the molecule is c1ccc(-c2nc(-c3ccccc3)nc(-c3cccc4c3oc3c(-c5cccc6c5sc5c(-c7ccc8oc9ccccc9c8c7)cccc56)cccc34)n2)cc1. The van der Waals surface area contributed by atoms with Crippen LogP contribution < -0.4 is 0 Å². The maximum absolute atomic E-state index is 6.99. The predicted molar refractivity (Wildman–Crippen MR) is 234 cm³/mol. The number of furan rings is 2. The average Bonchev–Trinajstić information content (AvgIpc) is 3.98. The van der Waals surface area contributed by atoms with Gasteiger partial charge in [0.25, 0.3) is 0 Å². The highest BCUT2D eigenvalue weighted by Crippen LogP contribution is 2.47. The Morgan fingerprint density at radius 1 is 0.316 bits per heavy atom. The molecule has 266 valence electrons. The number of thiophene rings is 1. The van der Waals surface area contributed by atoms with Crippen molar-refractivity contribution < 1.29 is 8.83 Å². The minimum absolute atomic E-state index is 0.564. The summed E-state index contributed by atoms with van der Waals surface area (Å²) in [6, 6.07) is 60.8. The Labute approximate surface area is 330 Å². The third-order valence-electron chi connectivity index (χ3n) is 11.0. The molecule has 0 N–H and O–H groups in total. The molecule has 0 bridgehead atoms. The highest BCUT2D eigenvalue weighted by molar-refractivity contribution is 7.26. The lowest BCUT2D eigenvalue weighted by Crippen LogP contribution is -2.00. The van der Waals surface area contributed by atoms with Crippen molar-refractivity contribution in [2.45, 2.75) is 0 Å². The molecule has 0 fully saturated rings. The quantitative estimate of drug-likeness (QED) is 0.175. The summed E-state index contributed by atoms with van der Waals surface area (Å²) in [6.45, 7) is 0. The van der Waals surface area contributed by atoms with Gasteiger partial charge in [-0.3, -0.25) is 0 Å². The fourth-order valence-corrected chi connectivity index (χ4v) is 9.65. The van der Waals surface area contributed by atoms with E-state index in [1.807, 2.05) is 90.2 Å². The minimum atomic E-state index is 0.564. The molecule has 6 heteroatoms. The third-order valence-corrected chi connectivity index (χ3v) is 12.3. The predicted octanol–water partition coefficient (Wildman–Crippen LogP) is 14.4. The Kier molecular flexibility index (Phi) is 7.03. The summed E-state index contributed by atoms with van der Waals surface area (Å²) in [7, 11) is 0. The van der Waals surface area contributed by atoms with Gasteiger partial charge in [-0.15, -0.1) is 11.3 Å². The van der Waals surface area contributed by atoms with Crippen molar-refractivity contribution in [1.29, 1.82) is 0 Å². The molecular weight excluding hydrogens is 719 g/mol. The van der Waals surface area contributed by atoms with E-state index in [1.165, 1.54) is 31.3 Å². The van der Waals surface area contributed by atoms with E-state index in [0.29, 0.717) is 17.5 Å². The Morgan fingerprint density at radius 3 is 1.53 bits per heavy atom. The molecule has 0 spiro atoms. The molecule has 0 amide bonds. The molecular formula is C51H29N3O2S. The van der Waals surface area contributed by atoms with Crippen LogP contribution in [0.1, 0.15) is 0 Å². The maximum Gasteiger partial charge on any atom is 0.167 e. The number of hydrogen-bond donors (Lipinski definition) is 0. The molecule has 12 rings (SSSR count). The first kappa shape index (κ1) is 31.9. The molecule has 0 saturated carbocycles. The maximum atomic E-state index is 6.99. The first-order valence-corrected chi connectivity index (χ1v) is 19.7. The lowest BCUT2D eigenvalue weighted by molar-refractivity contribution is 0.669. The van der Waals surface area contributed by atoms with E-state index in [0.717, 1.165) is 71.7 Å². The summed E-state index contributed by atoms with van der Waals surface area (Å²) in [5.74, 6) is 1.79. The van der Waals surface area contributed by atoms with Crippen molar-refractivity contribution in [3.8, 4) is 56.4 Å². The summed E-state index contributed by atoms with van der Waals surface area (Å²) in [4.78, 5) is 15.0. The van der Waals surface area contributed by atoms with Gasteiger partial charge in [-0.2, -0.15) is 0 Å². The van der Waals surface area contributed by atoms with E-state index in [1.54, 1.807) is 0 Å². The first-order valence-electron chi connectivity index (χ1n) is 18.9. The van der Waals surface area contributed by atoms with Crippen molar-refractivity contribution in [3.05, 3.63) is 176 Å². The van der Waals surface area contributed by atoms with Crippen LogP contribution in [0.3, 0.4) is 0 Å². The van der Waals surface area contributed by atoms with E-state index in [2.05, 4.69) is 97.1 Å². The smallest absolute Gasteiger partial charge is 0.167 e. The second-order valence-electron chi connectivity index (χ2n) is 14.3. The molecule has 12 aromatic rings. The van der Waals surface area contributed by atoms with Gasteiger partial charge in [-0.05, 0) is 35.4 Å². The van der Waals surface area contributed by atoms with Crippen LogP contribution in [-0.2, 0) is 0 Å². The zero-order chi connectivity index (χ0) is 37.5. The molecule has 0 saturated heterocycles. The molecule has 0 aliphatic rings. The van der Waals surface area contributed by atoms with Crippen molar-refractivity contribution in [2.75, 3.05) is 0 Å². The van der Waals surface area contributed by atoms with Crippen molar-refractivity contribution in [2.24, 2.45) is 0 Å². The average molecular weight is 748 g/mol. The van der Waals surface area contributed by atoms with Gasteiger partial charge >= 0.3 is 0 Å². The van der Waals surface area contributed by atoms with Gasteiger partial charge < -0.3 is 8.83 Å². The zero-order valence-corrected chi connectivity index (χ0v) is 31.1. The van der Waals surface area contributed by atoms with Gasteiger partial charge in [0.15, 0.2) is 17.5 Å². The molecule has 5 nitrogen and oxygen atoms in total. The Balaban J connectivity index is 1.04. The van der Waals surface area contributed by atoms with Crippen LogP contribution in [0.5, 0.6) is 0 Å². The van der Waals surface area contributed by atoms with Crippen LogP contribution in [0, 0.1) is 0 Å². The van der Waals surface area contributed by atoms with Gasteiger partial charge in [0.1, 0.15) is 22.3 Å². The molecule has 8 aromatic carbocycles. The number of rotatable bonds is 5. The standard InChI is InChI=1S/C51H29N3O2S/c1-3-13-30(14-4-1)49-52-50(31-15-5-2-6-16-31)54-51(53-49)41-25-11-20-36-35-19-10-21-37(45(35)56-46(36)41)38-22-12-24-40-39-23-9-18-33(47(39)57-48(38)40)32-27-28-44-42(29-32)34-17-7-8-26-43(34)55-44/h1-29H. The van der Waals surface area contributed by atoms with Crippen LogP contribution in [-0.4, -0.2) is 15.0 Å². The van der Waals surface area contributed by atoms with Crippen molar-refractivity contribution >= 4 is 75.4 Å². The Bertz CT molecular complexity index is 3470. The number of para-hydroxylation sites is 3. The summed E-state index contributed by atoms with van der Waals surface area (Å²) >= 11 is 1.84. The lowest BCUT2D eigenvalue weighted by Gasteiger charge is -2.08. The summed E-state index contributed by atoms with van der Waals surface area (Å²) in [5, 5.41) is 6.78. The topological polar surface area (TPSA) is 65.0 Å². The van der Waals surface area contributed by atoms with E-state index in [9.17, 15) is 0 Å². The van der Waals surface area contributed by atoms with E-state index in [4.69, 9.17) is 23.8 Å². The van der Waals surface area contributed by atoms with Crippen LogP contribution >= 0.6 is 11.3 Å². The monoisotopic (exact) mass is 747 g/mol. The largest absolute Gasteiger partial charge is 0.456 e. The highest BCUT2D eigenvalue weighted by Gasteiger charge is 2.21. The highest BCUT2D eigenvalue weighted by atomic mass is 32.1. The molecule has 4 heterocycles. The first-order chi connectivity index (χ1) is 28.2. The van der Waals surface area contributed by atoms with Crippen molar-refractivity contribution in [1.82, 2.24) is 15.0 Å². The fourth-order valence-electron chi connectivity index (χ4n) is 8.29. The molecule has 0 atom stereocenters. The molecule has 0 aliphatic heterocycles. The van der Waals surface area contributed by atoms with E-state index in [-0.39, 0.29) is 0 Å². The number of aromatic nitrogens is 3. The van der Waals surface area contributed by atoms with Gasteiger partial charge in [0, 0.05) is 64.0 Å². The van der Waals surface area contributed by atoms with Crippen LogP contribution in [0.15, 0.2) is 185 Å². The normalized spacial score (nSPS) is 11.9. The van der Waals surface area contributed by atoms with E-state index < -0.39 is 0 Å². The number of benzene rings is 8. The molecule has 0 radical (unpaired) electrons. The van der Waals surface area contributed by atoms with Crippen LogP contribution in [0.2, 0.25) is 0 Å². The summed E-state index contributed by atoms with van der Waals surface area (Å²) in [6.07, 6.45) is 0. The molecule has 0 aliphatic carbocycles. The number of nitrogens with zero attached hydrogens (tertiary/aromatic N) is 3. The summed E-state index contributed by atoms with van der Waals surface area (Å²) < 4.78 is 15.6. The molecule has 4 aromatic heterocycles. The fraction of sp³-hybridized carbons (Fsp3) is 0. The Morgan fingerprint density at radius 2 is 0.825 bits per heavy atom. The minimum Gasteiger partial charge on any atom is -0.456 e. The van der Waals surface area contributed by atoms with Gasteiger partial charge in [0.2, 0.25) is 0 Å². The molecule has 57 heavy (non-hydrogen) atoms. The lowest BCUT2D eigenvalue weighted by atomic mass is 9.98. The third kappa shape index (κ3) is 5.04. The molecule has 0 unspecified atom stereocenters. The van der Waals surface area contributed by atoms with E-state index >= 15 is 0 Å².